The van der Waals surface area contributed by atoms with Crippen LogP contribution in [-0.4, -0.2) is 34.0 Å². The summed E-state index contributed by atoms with van der Waals surface area (Å²) in [4.78, 5) is 28.3. The minimum atomic E-state index is -0.493. The van der Waals surface area contributed by atoms with Gasteiger partial charge in [0.1, 0.15) is 11.9 Å². The summed E-state index contributed by atoms with van der Waals surface area (Å²) in [6, 6.07) is -0.493. The molecule has 0 radical (unpaired) electrons. The molecule has 0 aliphatic heterocycles. The highest BCUT2D eigenvalue weighted by Gasteiger charge is 2.20. The van der Waals surface area contributed by atoms with E-state index >= 15 is 0 Å². The molecule has 6 nitrogen and oxygen atoms in total. The van der Waals surface area contributed by atoms with E-state index in [1.807, 2.05) is 17.8 Å². The molecule has 0 aromatic carbocycles. The van der Waals surface area contributed by atoms with Crippen LogP contribution in [0.25, 0.3) is 0 Å². The summed E-state index contributed by atoms with van der Waals surface area (Å²) in [6.45, 7) is 2.25. The van der Waals surface area contributed by atoms with Gasteiger partial charge in [-0.3, -0.25) is 9.59 Å². The first kappa shape index (κ1) is 17.5. The largest absolute Gasteiger partial charge is 0.354 e. The first-order chi connectivity index (χ1) is 11.1. The van der Waals surface area contributed by atoms with Crippen LogP contribution in [0.1, 0.15) is 51.3 Å². The highest BCUT2D eigenvalue weighted by molar-refractivity contribution is 5.87. The normalized spacial score (nSPS) is 16.8. The summed E-state index contributed by atoms with van der Waals surface area (Å²) in [5.41, 5.74) is 0. The van der Waals surface area contributed by atoms with Gasteiger partial charge in [-0.15, -0.1) is 0 Å². The number of carbonyl (C=O) groups excluding carboxylic acids is 2. The van der Waals surface area contributed by atoms with Crippen LogP contribution in [0, 0.1) is 5.92 Å². The molecule has 0 spiro atoms. The van der Waals surface area contributed by atoms with Crippen LogP contribution in [0.3, 0.4) is 0 Å². The van der Waals surface area contributed by atoms with Gasteiger partial charge < -0.3 is 15.2 Å². The molecule has 0 bridgehead atoms. The molecule has 1 fully saturated rings. The molecule has 2 N–H and O–H groups in total. The Labute approximate surface area is 138 Å². The molecule has 1 heterocycles. The summed E-state index contributed by atoms with van der Waals surface area (Å²) in [5.74, 6) is 1.27. The van der Waals surface area contributed by atoms with Gasteiger partial charge in [0.15, 0.2) is 0 Å². The molecular formula is C17H28N4O2. The van der Waals surface area contributed by atoms with Crippen LogP contribution in [0.5, 0.6) is 0 Å². The van der Waals surface area contributed by atoms with Crippen molar-refractivity contribution in [3.63, 3.8) is 0 Å². The van der Waals surface area contributed by atoms with Crippen LogP contribution in [-0.2, 0) is 23.1 Å². The number of nitrogens with zero attached hydrogens (tertiary/aromatic N) is 2. The molecule has 128 valence electrons. The van der Waals surface area contributed by atoms with E-state index in [1.54, 1.807) is 13.1 Å². The number of nitrogens with one attached hydrogen (secondary N) is 2. The molecule has 2 rings (SSSR count). The lowest BCUT2D eigenvalue weighted by molar-refractivity contribution is -0.129. The number of imidazole rings is 1. The van der Waals surface area contributed by atoms with Gasteiger partial charge in [-0.2, -0.15) is 0 Å². The second-order valence-electron chi connectivity index (χ2n) is 6.49. The number of hydrogen-bond acceptors (Lipinski definition) is 3. The average molecular weight is 320 g/mol. The number of amides is 2. The Morgan fingerprint density at radius 3 is 2.74 bits per heavy atom. The molecule has 1 aromatic heterocycles. The summed E-state index contributed by atoms with van der Waals surface area (Å²) in [6.07, 6.45) is 10.9. The smallest absolute Gasteiger partial charge is 0.242 e. The Morgan fingerprint density at radius 2 is 2.09 bits per heavy atom. The Bertz CT molecular complexity index is 520. The second-order valence-corrected chi connectivity index (χ2v) is 6.49. The van der Waals surface area contributed by atoms with Crippen molar-refractivity contribution in [3.05, 3.63) is 18.2 Å². The van der Waals surface area contributed by atoms with Gasteiger partial charge in [0.25, 0.3) is 0 Å². The first-order valence-electron chi connectivity index (χ1n) is 8.59. The molecule has 1 aromatic rings. The van der Waals surface area contributed by atoms with Crippen molar-refractivity contribution in [2.24, 2.45) is 13.0 Å². The first-order valence-corrected chi connectivity index (χ1v) is 8.59. The SMILES string of the molecule is CC(NC(=O)CC1CCCCC1)C(=O)NCCc1nccn1C. The molecule has 1 aliphatic rings. The minimum absolute atomic E-state index is 0.0105. The third-order valence-corrected chi connectivity index (χ3v) is 4.54. The van der Waals surface area contributed by atoms with Crippen LogP contribution in [0.15, 0.2) is 12.4 Å². The number of hydrogen-bond donors (Lipinski definition) is 2. The van der Waals surface area contributed by atoms with Crippen molar-refractivity contribution >= 4 is 11.8 Å². The van der Waals surface area contributed by atoms with Crippen molar-refractivity contribution in [1.29, 1.82) is 0 Å². The molecule has 1 aliphatic carbocycles. The lowest BCUT2D eigenvalue weighted by atomic mass is 9.87. The zero-order chi connectivity index (χ0) is 16.7. The molecule has 2 amide bonds. The highest BCUT2D eigenvalue weighted by atomic mass is 16.2. The number of aryl methyl sites for hydroxylation is 1. The fraction of sp³-hybridized carbons (Fsp3) is 0.706. The average Bonchev–Trinajstić information content (AvgIpc) is 2.93. The maximum Gasteiger partial charge on any atom is 0.242 e. The molecule has 6 heteroatoms. The third-order valence-electron chi connectivity index (χ3n) is 4.54. The van der Waals surface area contributed by atoms with Crippen molar-refractivity contribution in [2.45, 2.75) is 57.9 Å². The van der Waals surface area contributed by atoms with E-state index in [1.165, 1.54) is 19.3 Å². The van der Waals surface area contributed by atoms with Crippen molar-refractivity contribution in [3.8, 4) is 0 Å². The van der Waals surface area contributed by atoms with Crippen LogP contribution < -0.4 is 10.6 Å². The minimum Gasteiger partial charge on any atom is -0.354 e. The van der Waals surface area contributed by atoms with Gasteiger partial charge in [-0.05, 0) is 25.7 Å². The fourth-order valence-corrected chi connectivity index (χ4v) is 3.11. The maximum atomic E-state index is 12.0. The fourth-order valence-electron chi connectivity index (χ4n) is 3.11. The Hall–Kier alpha value is -1.85. The number of rotatable bonds is 7. The highest BCUT2D eigenvalue weighted by Crippen LogP contribution is 2.26. The van der Waals surface area contributed by atoms with Gasteiger partial charge in [-0.1, -0.05) is 19.3 Å². The van der Waals surface area contributed by atoms with Gasteiger partial charge in [0.05, 0.1) is 0 Å². The van der Waals surface area contributed by atoms with Crippen LogP contribution >= 0.6 is 0 Å². The van der Waals surface area contributed by atoms with E-state index in [-0.39, 0.29) is 11.8 Å². The molecule has 0 saturated heterocycles. The molecule has 1 saturated carbocycles. The van der Waals surface area contributed by atoms with E-state index in [2.05, 4.69) is 15.6 Å². The van der Waals surface area contributed by atoms with Gasteiger partial charge in [-0.25, -0.2) is 4.98 Å². The number of aromatic nitrogens is 2. The van der Waals surface area contributed by atoms with Gasteiger partial charge >= 0.3 is 0 Å². The van der Waals surface area contributed by atoms with Crippen molar-refractivity contribution in [2.75, 3.05) is 6.54 Å². The molecular weight excluding hydrogens is 292 g/mol. The van der Waals surface area contributed by atoms with E-state index in [0.717, 1.165) is 18.7 Å². The van der Waals surface area contributed by atoms with E-state index in [0.29, 0.717) is 25.3 Å². The van der Waals surface area contributed by atoms with E-state index in [9.17, 15) is 9.59 Å². The second kappa shape index (κ2) is 8.70. The maximum absolute atomic E-state index is 12.0. The van der Waals surface area contributed by atoms with Crippen LogP contribution in [0.2, 0.25) is 0 Å². The zero-order valence-corrected chi connectivity index (χ0v) is 14.2. The standard InChI is InChI=1S/C17H28N4O2/c1-13(20-16(22)12-14-6-4-3-5-7-14)17(23)19-9-8-15-18-10-11-21(15)2/h10-11,13-14H,3-9,12H2,1-2H3,(H,19,23)(H,20,22). The Balaban J connectivity index is 1.65. The van der Waals surface area contributed by atoms with Crippen LogP contribution in [0.4, 0.5) is 0 Å². The van der Waals surface area contributed by atoms with Gasteiger partial charge in [0, 0.05) is 38.8 Å². The molecule has 1 atom stereocenters. The monoisotopic (exact) mass is 320 g/mol. The van der Waals surface area contributed by atoms with Gasteiger partial charge in [0.2, 0.25) is 11.8 Å². The zero-order valence-electron chi connectivity index (χ0n) is 14.2. The Kier molecular flexibility index (Phi) is 6.62. The van der Waals surface area contributed by atoms with Crippen molar-refractivity contribution in [1.82, 2.24) is 20.2 Å². The molecule has 23 heavy (non-hydrogen) atoms. The van der Waals surface area contributed by atoms with E-state index < -0.39 is 6.04 Å². The number of carbonyl (C=O) groups is 2. The predicted molar refractivity (Wildman–Crippen MR) is 88.7 cm³/mol. The lowest BCUT2D eigenvalue weighted by Gasteiger charge is -2.22. The lowest BCUT2D eigenvalue weighted by Crippen LogP contribution is -2.45. The molecule has 1 unspecified atom stereocenters. The summed E-state index contributed by atoms with van der Waals surface area (Å²) >= 11 is 0. The van der Waals surface area contributed by atoms with E-state index in [4.69, 9.17) is 0 Å². The quantitative estimate of drug-likeness (QED) is 0.800. The topological polar surface area (TPSA) is 76.0 Å². The van der Waals surface area contributed by atoms with Crippen molar-refractivity contribution < 1.29 is 9.59 Å². The summed E-state index contributed by atoms with van der Waals surface area (Å²) < 4.78 is 1.93. The predicted octanol–water partition coefficient (Wildman–Crippen LogP) is 1.55. The summed E-state index contributed by atoms with van der Waals surface area (Å²) in [5, 5.41) is 5.66. The third kappa shape index (κ3) is 5.69. The Morgan fingerprint density at radius 1 is 1.35 bits per heavy atom. The summed E-state index contributed by atoms with van der Waals surface area (Å²) in [7, 11) is 1.93.